The molecule has 0 spiro atoms. The van der Waals surface area contributed by atoms with Crippen molar-refractivity contribution in [2.24, 2.45) is 0 Å². The molecule has 3 N–H and O–H groups in total. The van der Waals surface area contributed by atoms with Crippen LogP contribution in [0.3, 0.4) is 0 Å². The molecule has 1 aromatic carbocycles. The summed E-state index contributed by atoms with van der Waals surface area (Å²) in [6, 6.07) is 5.90. The molecule has 18 heavy (non-hydrogen) atoms. The highest BCUT2D eigenvalue weighted by Crippen LogP contribution is 2.27. The van der Waals surface area contributed by atoms with Crippen molar-refractivity contribution in [3.63, 3.8) is 0 Å². The molecule has 0 saturated carbocycles. The van der Waals surface area contributed by atoms with Gasteiger partial charge in [-0.15, -0.1) is 0 Å². The van der Waals surface area contributed by atoms with Gasteiger partial charge in [0.15, 0.2) is 0 Å². The van der Waals surface area contributed by atoms with Crippen LogP contribution in [0, 0.1) is 0 Å². The molecule has 1 aromatic rings. The van der Waals surface area contributed by atoms with Crippen molar-refractivity contribution in [3.05, 3.63) is 34.9 Å². The van der Waals surface area contributed by atoms with Crippen LogP contribution in [0.2, 0.25) is 0 Å². The number of amides is 1. The molecular weight excluding hydrogens is 230 g/mol. The number of carboxylic acid groups (broad SMARTS) is 1. The quantitative estimate of drug-likeness (QED) is 0.769. The van der Waals surface area contributed by atoms with E-state index in [2.05, 4.69) is 32.2 Å². The Hall–Kier alpha value is -1.55. The lowest BCUT2D eigenvalue weighted by Crippen LogP contribution is -2.23. The lowest BCUT2D eigenvalue weighted by Gasteiger charge is -2.23. The second-order valence-corrected chi connectivity index (χ2v) is 5.38. The minimum Gasteiger partial charge on any atom is -0.465 e. The number of hydrogen-bond donors (Lipinski definition) is 3. The van der Waals surface area contributed by atoms with E-state index >= 15 is 0 Å². The molecule has 1 rings (SSSR count). The molecular formula is C14H21NO3. The molecule has 0 saturated heterocycles. The number of hydrogen-bond acceptors (Lipinski definition) is 2. The first-order valence-electron chi connectivity index (χ1n) is 6.04. The summed E-state index contributed by atoms with van der Waals surface area (Å²) < 4.78 is 0. The van der Waals surface area contributed by atoms with Crippen LogP contribution in [0.4, 0.5) is 4.79 Å². The molecule has 0 atom stereocenters. The second kappa shape index (κ2) is 5.87. The Balaban J connectivity index is 2.86. The summed E-state index contributed by atoms with van der Waals surface area (Å²) in [6.07, 6.45) is -0.348. The van der Waals surface area contributed by atoms with Crippen molar-refractivity contribution in [2.45, 2.75) is 39.2 Å². The minimum atomic E-state index is -1.00. The SMILES string of the molecule is CC(C)(C)c1cc(CCNC(=O)O)ccc1CO. The summed E-state index contributed by atoms with van der Waals surface area (Å²) in [5.74, 6) is 0. The number of benzene rings is 1. The van der Waals surface area contributed by atoms with Crippen molar-refractivity contribution in [1.82, 2.24) is 5.32 Å². The highest BCUT2D eigenvalue weighted by molar-refractivity contribution is 5.64. The van der Waals surface area contributed by atoms with Gasteiger partial charge in [0, 0.05) is 6.54 Å². The predicted molar refractivity (Wildman–Crippen MR) is 70.8 cm³/mol. The fourth-order valence-electron chi connectivity index (χ4n) is 1.93. The van der Waals surface area contributed by atoms with Crippen molar-refractivity contribution >= 4 is 6.09 Å². The van der Waals surface area contributed by atoms with Crippen LogP contribution in [-0.2, 0) is 18.4 Å². The van der Waals surface area contributed by atoms with E-state index in [1.807, 2.05) is 12.1 Å². The maximum absolute atomic E-state index is 10.4. The Labute approximate surface area is 108 Å². The number of aliphatic hydroxyl groups is 1. The molecule has 1 amide bonds. The predicted octanol–water partition coefficient (Wildman–Crippen LogP) is 2.29. The number of nitrogens with one attached hydrogen (secondary N) is 1. The third-order valence-corrected chi connectivity index (χ3v) is 2.84. The zero-order valence-corrected chi connectivity index (χ0v) is 11.2. The second-order valence-electron chi connectivity index (χ2n) is 5.38. The van der Waals surface area contributed by atoms with Gasteiger partial charge in [-0.1, -0.05) is 39.0 Å². The topological polar surface area (TPSA) is 69.6 Å². The average Bonchev–Trinajstić information content (AvgIpc) is 2.27. The third kappa shape index (κ3) is 4.04. The molecule has 100 valence electrons. The molecule has 0 fully saturated rings. The zero-order chi connectivity index (χ0) is 13.8. The Morgan fingerprint density at radius 2 is 2.00 bits per heavy atom. The Morgan fingerprint density at radius 1 is 1.33 bits per heavy atom. The van der Waals surface area contributed by atoms with Gasteiger partial charge in [0.25, 0.3) is 0 Å². The van der Waals surface area contributed by atoms with Crippen molar-refractivity contribution < 1.29 is 15.0 Å². The van der Waals surface area contributed by atoms with E-state index < -0.39 is 6.09 Å². The molecule has 0 aliphatic heterocycles. The lowest BCUT2D eigenvalue weighted by atomic mass is 9.82. The monoisotopic (exact) mass is 251 g/mol. The molecule has 0 aliphatic carbocycles. The van der Waals surface area contributed by atoms with E-state index in [-0.39, 0.29) is 12.0 Å². The average molecular weight is 251 g/mol. The summed E-state index contributed by atoms with van der Waals surface area (Å²) in [7, 11) is 0. The molecule has 0 bridgehead atoms. The summed E-state index contributed by atoms with van der Waals surface area (Å²) >= 11 is 0. The van der Waals surface area contributed by atoms with Gasteiger partial charge in [0.2, 0.25) is 0 Å². The van der Waals surface area contributed by atoms with Gasteiger partial charge in [0.1, 0.15) is 0 Å². The smallest absolute Gasteiger partial charge is 0.404 e. The van der Waals surface area contributed by atoms with E-state index in [9.17, 15) is 9.90 Å². The summed E-state index contributed by atoms with van der Waals surface area (Å²) in [6.45, 7) is 6.72. The van der Waals surface area contributed by atoms with Crippen molar-refractivity contribution in [3.8, 4) is 0 Å². The van der Waals surface area contributed by atoms with Crippen LogP contribution in [0.1, 0.15) is 37.5 Å². The molecule has 0 aromatic heterocycles. The third-order valence-electron chi connectivity index (χ3n) is 2.84. The number of carbonyl (C=O) groups is 1. The van der Waals surface area contributed by atoms with E-state index in [1.165, 1.54) is 0 Å². The zero-order valence-electron chi connectivity index (χ0n) is 11.2. The van der Waals surface area contributed by atoms with Gasteiger partial charge in [-0.3, -0.25) is 0 Å². The maximum atomic E-state index is 10.4. The fraction of sp³-hybridized carbons (Fsp3) is 0.500. The van der Waals surface area contributed by atoms with E-state index in [0.717, 1.165) is 16.7 Å². The summed E-state index contributed by atoms with van der Waals surface area (Å²) in [5.41, 5.74) is 3.08. The van der Waals surface area contributed by atoms with Gasteiger partial charge in [-0.2, -0.15) is 0 Å². The van der Waals surface area contributed by atoms with Gasteiger partial charge in [-0.05, 0) is 28.5 Å². The van der Waals surface area contributed by atoms with Gasteiger partial charge < -0.3 is 15.5 Å². The van der Waals surface area contributed by atoms with Crippen LogP contribution >= 0.6 is 0 Å². The molecule has 0 heterocycles. The van der Waals surface area contributed by atoms with Crippen LogP contribution < -0.4 is 5.32 Å². The number of rotatable bonds is 4. The Bertz CT molecular complexity index is 422. The van der Waals surface area contributed by atoms with Crippen LogP contribution in [0.25, 0.3) is 0 Å². The van der Waals surface area contributed by atoms with Crippen LogP contribution in [0.5, 0.6) is 0 Å². The van der Waals surface area contributed by atoms with Gasteiger partial charge in [-0.25, -0.2) is 4.79 Å². The number of aliphatic hydroxyl groups excluding tert-OH is 1. The Morgan fingerprint density at radius 3 is 2.50 bits per heavy atom. The fourth-order valence-corrected chi connectivity index (χ4v) is 1.93. The molecule has 0 aliphatic rings. The standard InChI is InChI=1S/C14H21NO3/c1-14(2,3)12-8-10(4-5-11(12)9-16)6-7-15-13(17)18/h4-5,8,15-16H,6-7,9H2,1-3H3,(H,17,18). The minimum absolute atomic E-state index is 0.0280. The van der Waals surface area contributed by atoms with Gasteiger partial charge >= 0.3 is 6.09 Å². The molecule has 0 radical (unpaired) electrons. The van der Waals surface area contributed by atoms with E-state index in [0.29, 0.717) is 13.0 Å². The first kappa shape index (κ1) is 14.5. The van der Waals surface area contributed by atoms with Crippen LogP contribution in [-0.4, -0.2) is 22.9 Å². The van der Waals surface area contributed by atoms with Crippen molar-refractivity contribution in [1.29, 1.82) is 0 Å². The molecule has 4 nitrogen and oxygen atoms in total. The normalized spacial score (nSPS) is 11.3. The largest absolute Gasteiger partial charge is 0.465 e. The summed E-state index contributed by atoms with van der Waals surface area (Å²) in [4.78, 5) is 10.4. The van der Waals surface area contributed by atoms with E-state index in [4.69, 9.17) is 5.11 Å². The highest BCUT2D eigenvalue weighted by atomic mass is 16.4. The molecule has 0 unspecified atom stereocenters. The highest BCUT2D eigenvalue weighted by Gasteiger charge is 2.17. The lowest BCUT2D eigenvalue weighted by molar-refractivity contribution is 0.194. The maximum Gasteiger partial charge on any atom is 0.404 e. The van der Waals surface area contributed by atoms with E-state index in [1.54, 1.807) is 0 Å². The van der Waals surface area contributed by atoms with Crippen LogP contribution in [0.15, 0.2) is 18.2 Å². The Kier molecular flexibility index (Phi) is 4.73. The first-order valence-corrected chi connectivity index (χ1v) is 6.04. The first-order chi connectivity index (χ1) is 8.34. The summed E-state index contributed by atoms with van der Waals surface area (Å²) in [5, 5.41) is 20.2. The van der Waals surface area contributed by atoms with Crippen molar-refractivity contribution in [2.75, 3.05) is 6.54 Å². The van der Waals surface area contributed by atoms with Gasteiger partial charge in [0.05, 0.1) is 6.61 Å². The molecule has 4 heteroatoms.